The average Bonchev–Trinajstić information content (AvgIpc) is 2.61. The van der Waals surface area contributed by atoms with Crippen molar-refractivity contribution in [2.24, 2.45) is 0 Å². The SMILES string of the molecule is CCCCOC(=O)N1CCC(N2Cc3ccccc3CC2=O)CC1. The first-order chi connectivity index (χ1) is 11.7. The van der Waals surface area contributed by atoms with E-state index in [-0.39, 0.29) is 18.0 Å². The van der Waals surface area contributed by atoms with Crippen LogP contribution in [0, 0.1) is 0 Å². The Labute approximate surface area is 143 Å². The number of rotatable bonds is 4. The molecule has 0 spiro atoms. The maximum atomic E-state index is 12.5. The molecule has 1 aromatic carbocycles. The van der Waals surface area contributed by atoms with Gasteiger partial charge in [0.15, 0.2) is 0 Å². The Balaban J connectivity index is 1.53. The summed E-state index contributed by atoms with van der Waals surface area (Å²) in [5, 5.41) is 0. The lowest BCUT2D eigenvalue weighted by Gasteiger charge is -2.40. The number of hydrogen-bond acceptors (Lipinski definition) is 3. The van der Waals surface area contributed by atoms with Crippen LogP contribution in [0.1, 0.15) is 43.7 Å². The van der Waals surface area contributed by atoms with Crippen LogP contribution in [0.4, 0.5) is 4.79 Å². The Bertz CT molecular complexity index is 594. The lowest BCUT2D eigenvalue weighted by molar-refractivity contribution is -0.135. The summed E-state index contributed by atoms with van der Waals surface area (Å²) in [7, 11) is 0. The molecule has 1 aromatic rings. The lowest BCUT2D eigenvalue weighted by atomic mass is 9.95. The number of piperidine rings is 1. The minimum Gasteiger partial charge on any atom is -0.449 e. The molecule has 2 heterocycles. The average molecular weight is 330 g/mol. The molecule has 0 aliphatic carbocycles. The molecule has 1 fully saturated rings. The molecule has 3 rings (SSSR count). The zero-order chi connectivity index (χ0) is 16.9. The zero-order valence-corrected chi connectivity index (χ0v) is 14.4. The number of amides is 2. The van der Waals surface area contributed by atoms with Crippen molar-refractivity contribution in [1.29, 1.82) is 0 Å². The molecule has 0 N–H and O–H groups in total. The molecular weight excluding hydrogens is 304 g/mol. The molecule has 0 radical (unpaired) electrons. The standard InChI is InChI=1S/C19H26N2O3/c1-2-3-12-24-19(23)20-10-8-17(9-11-20)21-14-16-7-5-4-6-15(16)13-18(21)22/h4-7,17H,2-3,8-14H2,1H3. The van der Waals surface area contributed by atoms with Crippen LogP contribution in [-0.2, 0) is 22.5 Å². The number of likely N-dealkylation sites (tertiary alicyclic amines) is 1. The van der Waals surface area contributed by atoms with Gasteiger partial charge in [0, 0.05) is 25.7 Å². The summed E-state index contributed by atoms with van der Waals surface area (Å²) in [6.07, 6.45) is 3.87. The quantitative estimate of drug-likeness (QED) is 0.798. The van der Waals surface area contributed by atoms with Crippen molar-refractivity contribution >= 4 is 12.0 Å². The van der Waals surface area contributed by atoms with Gasteiger partial charge < -0.3 is 14.5 Å². The minimum absolute atomic E-state index is 0.206. The van der Waals surface area contributed by atoms with E-state index < -0.39 is 0 Å². The van der Waals surface area contributed by atoms with Gasteiger partial charge in [-0.1, -0.05) is 37.6 Å². The molecule has 0 aromatic heterocycles. The number of fused-ring (bicyclic) bond motifs is 1. The molecule has 130 valence electrons. The monoisotopic (exact) mass is 330 g/mol. The van der Waals surface area contributed by atoms with Crippen LogP contribution in [-0.4, -0.2) is 47.5 Å². The highest BCUT2D eigenvalue weighted by atomic mass is 16.6. The number of carbonyl (C=O) groups is 2. The van der Waals surface area contributed by atoms with Gasteiger partial charge in [-0.2, -0.15) is 0 Å². The fourth-order valence-corrected chi connectivity index (χ4v) is 3.51. The predicted octanol–water partition coefficient (Wildman–Crippen LogP) is 2.97. The van der Waals surface area contributed by atoms with E-state index in [0.717, 1.165) is 31.2 Å². The maximum Gasteiger partial charge on any atom is 0.409 e. The van der Waals surface area contributed by atoms with Gasteiger partial charge in [0.25, 0.3) is 0 Å². The molecule has 2 amide bonds. The third-order valence-corrected chi connectivity index (χ3v) is 5.01. The van der Waals surface area contributed by atoms with Crippen LogP contribution in [0.15, 0.2) is 24.3 Å². The summed E-state index contributed by atoms with van der Waals surface area (Å²) in [5.74, 6) is 0.206. The summed E-state index contributed by atoms with van der Waals surface area (Å²) in [6.45, 7) is 4.60. The number of hydrogen-bond donors (Lipinski definition) is 0. The van der Waals surface area contributed by atoms with Crippen molar-refractivity contribution < 1.29 is 14.3 Å². The second kappa shape index (κ2) is 7.69. The van der Waals surface area contributed by atoms with Crippen LogP contribution >= 0.6 is 0 Å². The van der Waals surface area contributed by atoms with Gasteiger partial charge >= 0.3 is 6.09 Å². The van der Waals surface area contributed by atoms with Crippen LogP contribution in [0.3, 0.4) is 0 Å². The van der Waals surface area contributed by atoms with Crippen molar-refractivity contribution in [3.8, 4) is 0 Å². The van der Waals surface area contributed by atoms with E-state index in [1.807, 2.05) is 23.1 Å². The molecule has 0 unspecified atom stereocenters. The Morgan fingerprint density at radius 1 is 1.21 bits per heavy atom. The van der Waals surface area contributed by atoms with E-state index >= 15 is 0 Å². The van der Waals surface area contributed by atoms with E-state index in [2.05, 4.69) is 13.0 Å². The van der Waals surface area contributed by atoms with Gasteiger partial charge in [-0.25, -0.2) is 4.79 Å². The van der Waals surface area contributed by atoms with Crippen LogP contribution in [0.5, 0.6) is 0 Å². The first kappa shape index (κ1) is 16.8. The Kier molecular flexibility index (Phi) is 5.38. The number of ether oxygens (including phenoxy) is 1. The molecule has 5 heteroatoms. The second-order valence-corrected chi connectivity index (χ2v) is 6.65. The minimum atomic E-state index is -0.211. The molecule has 2 aliphatic heterocycles. The van der Waals surface area contributed by atoms with Crippen molar-refractivity contribution in [1.82, 2.24) is 9.80 Å². The number of benzene rings is 1. The normalized spacial score (nSPS) is 18.5. The van der Waals surface area contributed by atoms with Crippen molar-refractivity contribution in [3.05, 3.63) is 35.4 Å². The van der Waals surface area contributed by atoms with E-state index in [9.17, 15) is 9.59 Å². The molecule has 5 nitrogen and oxygen atoms in total. The topological polar surface area (TPSA) is 49.9 Å². The summed E-state index contributed by atoms with van der Waals surface area (Å²) < 4.78 is 5.28. The summed E-state index contributed by atoms with van der Waals surface area (Å²) in [4.78, 5) is 28.2. The van der Waals surface area contributed by atoms with E-state index in [4.69, 9.17) is 4.74 Å². The molecule has 1 saturated heterocycles. The van der Waals surface area contributed by atoms with Crippen molar-refractivity contribution in [2.45, 2.75) is 51.6 Å². The van der Waals surface area contributed by atoms with Crippen molar-refractivity contribution in [2.75, 3.05) is 19.7 Å². The maximum absolute atomic E-state index is 12.5. The van der Waals surface area contributed by atoms with Gasteiger partial charge in [-0.15, -0.1) is 0 Å². The lowest BCUT2D eigenvalue weighted by Crippen LogP contribution is -2.50. The fraction of sp³-hybridized carbons (Fsp3) is 0.579. The Hall–Kier alpha value is -2.04. The van der Waals surface area contributed by atoms with Gasteiger partial charge in [0.2, 0.25) is 5.91 Å². The first-order valence-corrected chi connectivity index (χ1v) is 8.97. The third-order valence-electron chi connectivity index (χ3n) is 5.01. The van der Waals surface area contributed by atoms with Gasteiger partial charge in [-0.05, 0) is 30.4 Å². The van der Waals surface area contributed by atoms with Gasteiger partial charge in [0.05, 0.1) is 13.0 Å². The molecule has 24 heavy (non-hydrogen) atoms. The fourth-order valence-electron chi connectivity index (χ4n) is 3.51. The van der Waals surface area contributed by atoms with Crippen LogP contribution in [0.2, 0.25) is 0 Å². The molecule has 2 aliphatic rings. The molecule has 0 bridgehead atoms. The van der Waals surface area contributed by atoms with Crippen LogP contribution < -0.4 is 0 Å². The van der Waals surface area contributed by atoms with E-state index in [0.29, 0.717) is 32.7 Å². The van der Waals surface area contributed by atoms with Crippen LogP contribution in [0.25, 0.3) is 0 Å². The molecule has 0 saturated carbocycles. The predicted molar refractivity (Wildman–Crippen MR) is 91.5 cm³/mol. The Morgan fingerprint density at radius 3 is 2.62 bits per heavy atom. The first-order valence-electron chi connectivity index (χ1n) is 8.97. The van der Waals surface area contributed by atoms with E-state index in [1.165, 1.54) is 5.56 Å². The highest BCUT2D eigenvalue weighted by Crippen LogP contribution is 2.25. The summed E-state index contributed by atoms with van der Waals surface area (Å²) in [6, 6.07) is 8.39. The third kappa shape index (κ3) is 3.71. The highest BCUT2D eigenvalue weighted by molar-refractivity contribution is 5.81. The zero-order valence-electron chi connectivity index (χ0n) is 14.4. The van der Waals surface area contributed by atoms with E-state index in [1.54, 1.807) is 4.90 Å². The number of carbonyl (C=O) groups excluding carboxylic acids is 2. The second-order valence-electron chi connectivity index (χ2n) is 6.65. The van der Waals surface area contributed by atoms with Gasteiger partial charge in [0.1, 0.15) is 0 Å². The van der Waals surface area contributed by atoms with Crippen molar-refractivity contribution in [3.63, 3.8) is 0 Å². The summed E-state index contributed by atoms with van der Waals surface area (Å²) >= 11 is 0. The molecule has 0 atom stereocenters. The largest absolute Gasteiger partial charge is 0.449 e. The Morgan fingerprint density at radius 2 is 1.92 bits per heavy atom. The van der Waals surface area contributed by atoms with Gasteiger partial charge in [-0.3, -0.25) is 4.79 Å². The summed E-state index contributed by atoms with van der Waals surface area (Å²) in [5.41, 5.74) is 2.40. The number of unbranched alkanes of at least 4 members (excludes halogenated alkanes) is 1. The molecular formula is C19H26N2O3. The number of nitrogens with zero attached hydrogens (tertiary/aromatic N) is 2. The highest BCUT2D eigenvalue weighted by Gasteiger charge is 2.32. The smallest absolute Gasteiger partial charge is 0.409 e.